The molecule has 810 valence electrons. The fraction of sp³-hybridized carbons (Fsp3) is 0.624. The van der Waals surface area contributed by atoms with Gasteiger partial charge in [-0.3, -0.25) is 96.5 Å². The fourth-order valence-electron chi connectivity index (χ4n) is 15.1. The van der Waals surface area contributed by atoms with E-state index in [9.17, 15) is 116 Å². The van der Waals surface area contributed by atoms with Gasteiger partial charge in [0, 0.05) is 42.9 Å². The van der Waals surface area contributed by atoms with Gasteiger partial charge < -0.3 is 167 Å². The van der Waals surface area contributed by atoms with Crippen molar-refractivity contribution in [2.24, 2.45) is 63.4 Å². The summed E-state index contributed by atoms with van der Waals surface area (Å²) < 4.78 is 0. The zero-order chi connectivity index (χ0) is 108. The van der Waals surface area contributed by atoms with Gasteiger partial charge in [0.25, 0.3) is 0 Å². The Labute approximate surface area is 841 Å². The first-order valence-electron chi connectivity index (χ1n) is 48.8. The molecule has 0 spiro atoms. The number of aromatic nitrogens is 1. The van der Waals surface area contributed by atoms with Gasteiger partial charge in [-0.05, 0) is 210 Å². The zero-order valence-corrected chi connectivity index (χ0v) is 83.1. The number of benzene rings is 2. The van der Waals surface area contributed by atoms with Crippen molar-refractivity contribution in [2.45, 2.75) is 298 Å². The second-order valence-electron chi connectivity index (χ2n) is 36.2. The van der Waals surface area contributed by atoms with Crippen molar-refractivity contribution in [2.75, 3.05) is 59.0 Å². The number of carboxylic acid groups (broad SMARTS) is 2. The van der Waals surface area contributed by atoms with Crippen molar-refractivity contribution >= 4 is 135 Å². The molecule has 0 radical (unpaired) electrons. The predicted octanol–water partition coefficient (Wildman–Crippen LogP) is -8.24. The van der Waals surface area contributed by atoms with E-state index in [1.807, 2.05) is 24.3 Å². The third-order valence-electron chi connectivity index (χ3n) is 23.0. The summed E-state index contributed by atoms with van der Waals surface area (Å²) in [5.74, 6) is -22.3. The Balaban J connectivity index is 1.88. The number of carbonyl (C=O) groups excluding carboxylic acids is 18. The summed E-state index contributed by atoms with van der Waals surface area (Å²) in [5, 5.41) is 90.7. The van der Waals surface area contributed by atoms with E-state index in [1.165, 1.54) is 6.92 Å². The summed E-state index contributed by atoms with van der Waals surface area (Å²) >= 11 is 0. The third-order valence-corrected chi connectivity index (χ3v) is 23.0. The van der Waals surface area contributed by atoms with Gasteiger partial charge in [0.2, 0.25) is 106 Å². The minimum absolute atomic E-state index is 0.0399. The number of hydrogen-bond donors (Lipinski definition) is 32. The van der Waals surface area contributed by atoms with Crippen molar-refractivity contribution in [3.63, 3.8) is 0 Å². The minimum atomic E-state index is -1.87. The Hall–Kier alpha value is -13.7. The highest BCUT2D eigenvalue weighted by molar-refractivity contribution is 6.02. The number of H-pyrrole nitrogens is 1. The third kappa shape index (κ3) is 49.0. The van der Waals surface area contributed by atoms with Crippen LogP contribution in [-0.4, -0.2) is 305 Å². The van der Waals surface area contributed by atoms with E-state index >= 15 is 0 Å². The molecule has 0 unspecified atom stereocenters. The molecule has 0 aliphatic heterocycles. The number of amides is 18. The van der Waals surface area contributed by atoms with E-state index in [4.69, 9.17) is 57.0 Å². The molecule has 1 aromatic heterocycles. The van der Waals surface area contributed by atoms with Gasteiger partial charge in [0.15, 0.2) is 5.96 Å². The lowest BCUT2D eigenvalue weighted by Crippen LogP contribution is -2.61. The molecule has 1 heterocycles. The molecule has 18 amide bonds. The van der Waals surface area contributed by atoms with Gasteiger partial charge in [-0.15, -0.1) is 0 Å². The Morgan fingerprint density at radius 1 is 0.345 bits per heavy atom. The van der Waals surface area contributed by atoms with E-state index in [0.717, 1.165) is 16.5 Å². The molecule has 0 saturated heterocycles. The Morgan fingerprint density at radius 2 is 0.690 bits per heavy atom. The summed E-state index contributed by atoms with van der Waals surface area (Å²) in [6.45, 7) is 5.98. The summed E-state index contributed by atoms with van der Waals surface area (Å²) in [6.07, 6.45) is 0.0207. The first kappa shape index (κ1) is 125. The molecule has 0 aliphatic rings. The summed E-state index contributed by atoms with van der Waals surface area (Å²) in [4.78, 5) is 280. The number of nitrogens with one attached hydrogen (secondary N) is 19. The van der Waals surface area contributed by atoms with Gasteiger partial charge >= 0.3 is 11.9 Å². The standard InChI is InChI=1S/C93H154N28O24/c1-51(2)42-67(116-82(134)61(28-13-18-38-96)110-78(130)57(99)45-55-47-105-58-25-10-9-24-56(55)58)87(139)117-68(43-52(3)4)88(140)121-71(49-122)90(142)113-60(27-12-17-37-95)80(132)107-53(5)77(129)109-64(32-34-73(100)124)85(137)114-65(33-35-76(127)128)86(138)111-62(29-14-19-39-97)83(135)118-69(44-54-22-7-6-8-23-54)79(131)106-48-75(126)108-59(26-11-16-36-94)81(133)119-70(46-74(101)125)89(141)112-63(30-15-20-40-98)84(136)120-72(50-123)91(143)115-66(92(144)145)31-21-41-104-93(102)103/h6-10,22-25,47,51-53,57,59-72,105,122-123H,11-21,26-46,48-50,94-99H2,1-5H3,(H2,100,124)(H2,101,125)(H,106,131)(H,107,132)(H,108,126)(H,109,129)(H,110,130)(H,111,138)(H,112,141)(H,113,142)(H,114,137)(H,115,143)(H,116,134)(H,117,139)(H,118,135)(H,119,133)(H,120,136)(H,121,140)(H,127,128)(H,144,145)(H4,102,103,104)/t53-,57-,59-,60-,61-,62-,63-,64-,65-,66-,67-,68-,69-,70-,71-,72-/m0/s1. The number of aliphatic hydroxyl groups is 2. The molecule has 0 saturated carbocycles. The van der Waals surface area contributed by atoms with Crippen molar-refractivity contribution in [3.05, 3.63) is 71.9 Å². The number of aliphatic hydroxyl groups excluding tert-OH is 2. The molecule has 0 fully saturated rings. The number of rotatable bonds is 75. The second kappa shape index (κ2) is 68.5. The van der Waals surface area contributed by atoms with Crippen LogP contribution < -0.4 is 142 Å². The molecule has 145 heavy (non-hydrogen) atoms. The molecular formula is C93H154N28O24. The molecule has 0 bridgehead atoms. The van der Waals surface area contributed by atoms with E-state index < -0.39 is 267 Å². The molecular weight excluding hydrogens is 1890 g/mol. The number of aromatic amines is 1. The number of guanidine groups is 1. The Bertz CT molecular complexity index is 4720. The number of nitrogens with two attached hydrogens (primary N) is 9. The van der Waals surface area contributed by atoms with Crippen molar-refractivity contribution in [1.29, 1.82) is 5.41 Å². The molecule has 52 nitrogen and oxygen atoms in total. The first-order valence-corrected chi connectivity index (χ1v) is 48.8. The van der Waals surface area contributed by atoms with Crippen LogP contribution in [0.15, 0.2) is 60.8 Å². The van der Waals surface area contributed by atoms with Crippen molar-refractivity contribution in [1.82, 2.24) is 95.4 Å². The summed E-state index contributed by atoms with van der Waals surface area (Å²) in [6, 6.07) is -9.58. The molecule has 0 aliphatic carbocycles. The van der Waals surface area contributed by atoms with Gasteiger partial charge in [0.05, 0.1) is 32.2 Å². The van der Waals surface area contributed by atoms with Crippen LogP contribution in [0.4, 0.5) is 0 Å². The highest BCUT2D eigenvalue weighted by Gasteiger charge is 2.40. The fourth-order valence-corrected chi connectivity index (χ4v) is 15.1. The van der Waals surface area contributed by atoms with Crippen LogP contribution in [0.5, 0.6) is 0 Å². The molecule has 2 aromatic carbocycles. The number of fused-ring (bicyclic) bond motifs is 1. The monoisotopic (exact) mass is 2050 g/mol. The molecule has 16 atom stereocenters. The molecule has 41 N–H and O–H groups in total. The predicted molar refractivity (Wildman–Crippen MR) is 531 cm³/mol. The number of carbonyl (C=O) groups is 20. The van der Waals surface area contributed by atoms with Gasteiger partial charge in [-0.25, -0.2) is 4.79 Å². The Kier molecular flexibility index (Phi) is 59.3. The maximum absolute atomic E-state index is 14.7. The van der Waals surface area contributed by atoms with Gasteiger partial charge in [-0.2, -0.15) is 0 Å². The molecule has 3 aromatic rings. The summed E-state index contributed by atoms with van der Waals surface area (Å²) in [7, 11) is 0. The lowest BCUT2D eigenvalue weighted by atomic mass is 9.99. The number of unbranched alkanes of at least 4 members (excludes halogenated alkanes) is 5. The lowest BCUT2D eigenvalue weighted by Gasteiger charge is -2.28. The lowest BCUT2D eigenvalue weighted by molar-refractivity contribution is -0.143. The molecule has 3 rings (SSSR count). The van der Waals surface area contributed by atoms with Crippen LogP contribution >= 0.6 is 0 Å². The van der Waals surface area contributed by atoms with Gasteiger partial charge in [-0.1, -0.05) is 76.2 Å². The largest absolute Gasteiger partial charge is 0.481 e. The average molecular weight is 2050 g/mol. The van der Waals surface area contributed by atoms with E-state index in [2.05, 4.69) is 95.4 Å². The van der Waals surface area contributed by atoms with E-state index in [0.29, 0.717) is 31.2 Å². The maximum atomic E-state index is 14.7. The van der Waals surface area contributed by atoms with Crippen LogP contribution in [0, 0.1) is 17.2 Å². The second-order valence-corrected chi connectivity index (χ2v) is 36.2. The first-order chi connectivity index (χ1) is 68.8. The van der Waals surface area contributed by atoms with E-state index in [1.54, 1.807) is 64.2 Å². The van der Waals surface area contributed by atoms with Crippen molar-refractivity contribution in [3.8, 4) is 0 Å². The Morgan fingerprint density at radius 3 is 1.10 bits per heavy atom. The maximum Gasteiger partial charge on any atom is 0.326 e. The average Bonchev–Trinajstić information content (AvgIpc) is 1.68. The minimum Gasteiger partial charge on any atom is -0.481 e. The highest BCUT2D eigenvalue weighted by atomic mass is 16.4. The van der Waals surface area contributed by atoms with Crippen LogP contribution in [0.2, 0.25) is 0 Å². The normalized spacial score (nSPS) is 14.5. The topological polar surface area (TPSA) is 901 Å². The summed E-state index contributed by atoms with van der Waals surface area (Å²) in [5.41, 5.74) is 53.7. The number of para-hydroxylation sites is 1. The number of primary amides is 2. The number of carboxylic acids is 2. The smallest absolute Gasteiger partial charge is 0.326 e. The quantitative estimate of drug-likeness (QED) is 0.0142. The van der Waals surface area contributed by atoms with Crippen LogP contribution in [0.3, 0.4) is 0 Å². The SMILES string of the molecule is CC(C)C[C@H](NC(=O)[C@H](CC(C)C)NC(=O)[C@H](CCCCN)NC(=O)[C@@H](N)Cc1c[nH]c2ccccc12)C(=O)N[C@@H](CO)C(=O)N[C@@H](CCCCN)C(=O)N[C@@H](C)C(=O)N[C@@H](CCC(N)=O)C(=O)N[C@@H](CCC(=O)O)C(=O)N[C@@H](CCCCN)C(=O)N[C@@H](Cc1ccccc1)C(=O)NCC(=O)N[C@@H](CCCCN)C(=O)N[C@@H](CC(N)=O)C(=O)N[C@@H](CCCCN)C(=O)N[C@@H](CO)C(=O)N[C@@H](CCCNC(=N)N)C(=O)O. The molecule has 52 heteroatoms. The van der Waals surface area contributed by atoms with Crippen molar-refractivity contribution < 1.29 is 116 Å². The van der Waals surface area contributed by atoms with E-state index in [-0.39, 0.29) is 166 Å². The number of hydrogen-bond acceptors (Lipinski definition) is 29. The number of aliphatic carboxylic acids is 2. The highest BCUT2D eigenvalue weighted by Crippen LogP contribution is 2.21. The van der Waals surface area contributed by atoms with Crippen LogP contribution in [0.1, 0.15) is 200 Å². The zero-order valence-electron chi connectivity index (χ0n) is 83.1. The van der Waals surface area contributed by atoms with Gasteiger partial charge in [0.1, 0.15) is 90.6 Å². The van der Waals surface area contributed by atoms with Crippen LogP contribution in [-0.2, 0) is 109 Å². The van der Waals surface area contributed by atoms with Crippen LogP contribution in [0.25, 0.3) is 10.9 Å².